The molecule has 0 radical (unpaired) electrons. The first-order valence-electron chi connectivity index (χ1n) is 9.29. The average Bonchev–Trinajstić information content (AvgIpc) is 3.04. The van der Waals surface area contributed by atoms with Crippen molar-refractivity contribution in [1.29, 1.82) is 0 Å². The number of sulfone groups is 1. The van der Waals surface area contributed by atoms with Gasteiger partial charge in [-0.1, -0.05) is 48.5 Å². The maximum atomic E-state index is 12.5. The lowest BCUT2D eigenvalue weighted by molar-refractivity contribution is -0.127. The highest BCUT2D eigenvalue weighted by atomic mass is 32.2. The molecule has 1 amide bonds. The first-order valence-corrected chi connectivity index (χ1v) is 12.2. The normalized spacial score (nSPS) is 22.0. The molecule has 0 aliphatic carbocycles. The molecule has 1 saturated heterocycles. The van der Waals surface area contributed by atoms with Gasteiger partial charge in [-0.3, -0.25) is 4.79 Å². The summed E-state index contributed by atoms with van der Waals surface area (Å²) in [5.74, 6) is 0.963. The number of hydrogen-bond donors (Lipinski definition) is 0. The van der Waals surface area contributed by atoms with Crippen molar-refractivity contribution >= 4 is 43.9 Å². The molecule has 1 atom stereocenters. The summed E-state index contributed by atoms with van der Waals surface area (Å²) in [7, 11) is -2.88. The summed E-state index contributed by atoms with van der Waals surface area (Å²) in [4.78, 5) is 14.4. The Morgan fingerprint density at radius 1 is 1.15 bits per heavy atom. The van der Waals surface area contributed by atoms with Gasteiger partial charge < -0.3 is 4.90 Å². The summed E-state index contributed by atoms with van der Waals surface area (Å²) in [5, 5.41) is 2.56. The van der Waals surface area contributed by atoms with Gasteiger partial charge in [0.2, 0.25) is 5.91 Å². The molecule has 2 aliphatic heterocycles. The van der Waals surface area contributed by atoms with Crippen molar-refractivity contribution in [3.8, 4) is 0 Å². The molecular formula is C21H23NO3S2. The molecule has 2 heterocycles. The predicted octanol–water partition coefficient (Wildman–Crippen LogP) is 3.38. The zero-order chi connectivity index (χ0) is 18.9. The van der Waals surface area contributed by atoms with Crippen LogP contribution in [-0.2, 0) is 14.6 Å². The first-order chi connectivity index (χ1) is 13.0. The maximum absolute atomic E-state index is 12.5. The lowest BCUT2D eigenvalue weighted by Gasteiger charge is -2.27. The van der Waals surface area contributed by atoms with Crippen LogP contribution < -0.4 is 0 Å². The van der Waals surface area contributed by atoms with Crippen molar-refractivity contribution in [2.24, 2.45) is 0 Å². The fraction of sp³-hybridized carbons (Fsp3) is 0.381. The van der Waals surface area contributed by atoms with Crippen LogP contribution in [0.3, 0.4) is 0 Å². The molecule has 2 aromatic carbocycles. The monoisotopic (exact) mass is 401 g/mol. The van der Waals surface area contributed by atoms with E-state index < -0.39 is 9.84 Å². The van der Waals surface area contributed by atoms with Crippen LogP contribution in [0, 0.1) is 0 Å². The van der Waals surface area contributed by atoms with Crippen LogP contribution >= 0.6 is 11.8 Å². The van der Waals surface area contributed by atoms with E-state index in [4.69, 9.17) is 0 Å². The fourth-order valence-electron chi connectivity index (χ4n) is 3.82. The van der Waals surface area contributed by atoms with E-state index in [0.717, 1.165) is 13.0 Å². The van der Waals surface area contributed by atoms with Crippen molar-refractivity contribution in [1.82, 2.24) is 4.90 Å². The van der Waals surface area contributed by atoms with Crippen molar-refractivity contribution in [2.45, 2.75) is 18.1 Å². The largest absolute Gasteiger partial charge is 0.338 e. The summed E-state index contributed by atoms with van der Waals surface area (Å²) < 4.78 is 23.1. The van der Waals surface area contributed by atoms with E-state index in [1.807, 2.05) is 4.90 Å². The Kier molecular flexibility index (Phi) is 5.28. The highest BCUT2D eigenvalue weighted by Gasteiger charge is 2.29. The van der Waals surface area contributed by atoms with Gasteiger partial charge in [0.1, 0.15) is 0 Å². The summed E-state index contributed by atoms with van der Waals surface area (Å²) in [5.41, 5.74) is 2.55. The standard InChI is InChI=1S/C21H23NO3S2/c23-21(14-26-18-10-13-27(24,25)15-18)22-11-8-17(9-12-22)20-7-3-5-16-4-1-2-6-19(16)20/h1-8,18H,9-15H2. The van der Waals surface area contributed by atoms with Crippen molar-refractivity contribution < 1.29 is 13.2 Å². The van der Waals surface area contributed by atoms with Gasteiger partial charge in [-0.05, 0) is 34.8 Å². The summed E-state index contributed by atoms with van der Waals surface area (Å²) in [6.45, 7) is 1.35. The molecule has 142 valence electrons. The van der Waals surface area contributed by atoms with E-state index >= 15 is 0 Å². The Morgan fingerprint density at radius 2 is 1.96 bits per heavy atom. The summed E-state index contributed by atoms with van der Waals surface area (Å²) in [6, 6.07) is 14.7. The van der Waals surface area contributed by atoms with Gasteiger partial charge in [0.15, 0.2) is 9.84 Å². The van der Waals surface area contributed by atoms with Crippen molar-refractivity contribution in [3.63, 3.8) is 0 Å². The smallest absolute Gasteiger partial charge is 0.232 e. The molecule has 4 rings (SSSR count). The maximum Gasteiger partial charge on any atom is 0.232 e. The fourth-order valence-corrected chi connectivity index (χ4v) is 7.36. The number of benzene rings is 2. The molecule has 27 heavy (non-hydrogen) atoms. The molecule has 0 aromatic heterocycles. The topological polar surface area (TPSA) is 54.5 Å². The molecule has 2 aliphatic rings. The Balaban J connectivity index is 1.39. The van der Waals surface area contributed by atoms with E-state index in [1.54, 1.807) is 0 Å². The Bertz CT molecular complexity index is 992. The van der Waals surface area contributed by atoms with E-state index in [1.165, 1.54) is 33.7 Å². The van der Waals surface area contributed by atoms with E-state index in [9.17, 15) is 13.2 Å². The van der Waals surface area contributed by atoms with Crippen LogP contribution in [0.2, 0.25) is 0 Å². The van der Waals surface area contributed by atoms with Crippen LogP contribution in [0.25, 0.3) is 16.3 Å². The molecule has 6 heteroatoms. The van der Waals surface area contributed by atoms with E-state index in [2.05, 4.69) is 48.5 Å². The highest BCUT2D eigenvalue weighted by Crippen LogP contribution is 2.30. The second-order valence-corrected chi connectivity index (χ2v) is 10.7. The second kappa shape index (κ2) is 7.68. The number of amides is 1. The number of nitrogens with zero attached hydrogens (tertiary/aromatic N) is 1. The SMILES string of the molecule is O=C(CSC1CCS(=O)(=O)C1)N1CC=C(c2cccc3ccccc23)CC1. The number of hydrogen-bond acceptors (Lipinski definition) is 4. The van der Waals surface area contributed by atoms with Crippen LogP contribution in [0.1, 0.15) is 18.4 Å². The lowest BCUT2D eigenvalue weighted by Crippen LogP contribution is -2.36. The zero-order valence-electron chi connectivity index (χ0n) is 15.1. The highest BCUT2D eigenvalue weighted by molar-refractivity contribution is 8.02. The summed E-state index contributed by atoms with van der Waals surface area (Å²) in [6.07, 6.45) is 3.68. The third kappa shape index (κ3) is 4.22. The Morgan fingerprint density at radius 3 is 2.70 bits per heavy atom. The molecule has 0 N–H and O–H groups in total. The van der Waals surface area contributed by atoms with E-state index in [-0.39, 0.29) is 22.7 Å². The van der Waals surface area contributed by atoms with Crippen LogP contribution in [0.5, 0.6) is 0 Å². The quantitative estimate of drug-likeness (QED) is 0.788. The molecule has 0 spiro atoms. The number of carbonyl (C=O) groups excluding carboxylic acids is 1. The van der Waals surface area contributed by atoms with E-state index in [0.29, 0.717) is 18.7 Å². The minimum Gasteiger partial charge on any atom is -0.338 e. The van der Waals surface area contributed by atoms with Crippen molar-refractivity contribution in [3.05, 3.63) is 54.1 Å². The minimum absolute atomic E-state index is 0.0746. The van der Waals surface area contributed by atoms with Gasteiger partial charge in [-0.15, -0.1) is 11.8 Å². The van der Waals surface area contributed by atoms with Crippen LogP contribution in [0.4, 0.5) is 0 Å². The van der Waals surface area contributed by atoms with Crippen LogP contribution in [-0.4, -0.2) is 54.8 Å². The lowest BCUT2D eigenvalue weighted by atomic mass is 9.94. The first kappa shape index (κ1) is 18.6. The third-order valence-corrected chi connectivity index (χ3v) is 8.60. The molecular weight excluding hydrogens is 378 g/mol. The summed E-state index contributed by atoms with van der Waals surface area (Å²) >= 11 is 1.50. The molecule has 1 unspecified atom stereocenters. The minimum atomic E-state index is -2.88. The molecule has 2 aromatic rings. The third-order valence-electron chi connectivity index (χ3n) is 5.33. The Hall–Kier alpha value is -1.79. The van der Waals surface area contributed by atoms with Gasteiger partial charge in [0.05, 0.1) is 17.3 Å². The average molecular weight is 402 g/mol. The predicted molar refractivity (Wildman–Crippen MR) is 113 cm³/mol. The second-order valence-electron chi connectivity index (χ2n) is 7.18. The van der Waals surface area contributed by atoms with Gasteiger partial charge in [-0.25, -0.2) is 8.42 Å². The molecule has 4 nitrogen and oxygen atoms in total. The zero-order valence-corrected chi connectivity index (χ0v) is 16.8. The van der Waals surface area contributed by atoms with Gasteiger partial charge in [-0.2, -0.15) is 0 Å². The Labute approximate surface area is 164 Å². The molecule has 1 fully saturated rings. The van der Waals surface area contributed by atoms with Gasteiger partial charge >= 0.3 is 0 Å². The van der Waals surface area contributed by atoms with Crippen molar-refractivity contribution in [2.75, 3.05) is 30.3 Å². The number of rotatable bonds is 4. The van der Waals surface area contributed by atoms with Gasteiger partial charge in [0, 0.05) is 18.3 Å². The van der Waals surface area contributed by atoms with Gasteiger partial charge in [0.25, 0.3) is 0 Å². The number of thioether (sulfide) groups is 1. The number of fused-ring (bicyclic) bond motifs is 1. The molecule has 0 bridgehead atoms. The number of carbonyl (C=O) groups is 1. The van der Waals surface area contributed by atoms with Crippen LogP contribution in [0.15, 0.2) is 48.5 Å². The molecule has 0 saturated carbocycles.